The van der Waals surface area contributed by atoms with E-state index in [-0.39, 0.29) is 18.9 Å². The van der Waals surface area contributed by atoms with Gasteiger partial charge in [0.15, 0.2) is 0 Å². The predicted molar refractivity (Wildman–Crippen MR) is 92.6 cm³/mol. The lowest BCUT2D eigenvalue weighted by Gasteiger charge is -2.32. The Balaban J connectivity index is 1.76. The standard InChI is InChI=1S/C18H25N3O4/c19-11-13-2-1-3-15(10-13)14-5-8-21(9-6-14)17(24)4-7-20-18(25)16(23)12-22/h1-3,10,14,22H,4-9,11-12,19H2,(H,20,25). The molecule has 7 heteroatoms. The monoisotopic (exact) mass is 347 g/mol. The van der Waals surface area contributed by atoms with E-state index in [4.69, 9.17) is 10.8 Å². The number of nitrogens with zero attached hydrogens (tertiary/aromatic N) is 1. The number of carbonyl (C=O) groups is 3. The molecule has 2 amide bonds. The largest absolute Gasteiger partial charge is 0.388 e. The summed E-state index contributed by atoms with van der Waals surface area (Å²) in [4.78, 5) is 36.2. The molecule has 0 atom stereocenters. The molecule has 0 aromatic heterocycles. The third-order valence-electron chi connectivity index (χ3n) is 4.53. The van der Waals surface area contributed by atoms with Gasteiger partial charge in [0.1, 0.15) is 6.61 Å². The highest BCUT2D eigenvalue weighted by Crippen LogP contribution is 2.28. The van der Waals surface area contributed by atoms with Gasteiger partial charge in [-0.2, -0.15) is 0 Å². The minimum atomic E-state index is -0.895. The number of aliphatic hydroxyl groups is 1. The van der Waals surface area contributed by atoms with Crippen LogP contribution < -0.4 is 11.1 Å². The van der Waals surface area contributed by atoms with Crippen molar-refractivity contribution in [2.45, 2.75) is 31.7 Å². The van der Waals surface area contributed by atoms with Crippen LogP contribution in [0.5, 0.6) is 0 Å². The number of nitrogens with one attached hydrogen (secondary N) is 1. The third-order valence-corrected chi connectivity index (χ3v) is 4.53. The molecule has 1 heterocycles. The molecule has 7 nitrogen and oxygen atoms in total. The first-order valence-corrected chi connectivity index (χ1v) is 8.53. The summed E-state index contributed by atoms with van der Waals surface area (Å²) in [5.74, 6) is -1.36. The second kappa shape index (κ2) is 9.29. The molecular weight excluding hydrogens is 322 g/mol. The van der Waals surface area contributed by atoms with E-state index in [1.807, 2.05) is 12.1 Å². The van der Waals surface area contributed by atoms with Crippen molar-refractivity contribution in [3.63, 3.8) is 0 Å². The van der Waals surface area contributed by atoms with Crippen LogP contribution in [0.15, 0.2) is 24.3 Å². The quantitative estimate of drug-likeness (QED) is 0.597. The van der Waals surface area contributed by atoms with Crippen molar-refractivity contribution in [1.82, 2.24) is 10.2 Å². The van der Waals surface area contributed by atoms with E-state index in [2.05, 4.69) is 17.4 Å². The van der Waals surface area contributed by atoms with Crippen molar-refractivity contribution < 1.29 is 19.5 Å². The number of Topliss-reactive ketones (excluding diaryl/α,β-unsaturated/α-hetero) is 1. The average Bonchev–Trinajstić information content (AvgIpc) is 2.67. The molecular formula is C18H25N3O4. The number of likely N-dealkylation sites (tertiary alicyclic amines) is 1. The topological polar surface area (TPSA) is 113 Å². The summed E-state index contributed by atoms with van der Waals surface area (Å²) in [5.41, 5.74) is 8.07. The van der Waals surface area contributed by atoms with Crippen LogP contribution in [-0.2, 0) is 20.9 Å². The van der Waals surface area contributed by atoms with Gasteiger partial charge in [0, 0.05) is 32.6 Å². The van der Waals surface area contributed by atoms with Crippen molar-refractivity contribution in [1.29, 1.82) is 0 Å². The number of rotatable bonds is 7. The number of aliphatic hydroxyl groups excluding tert-OH is 1. The van der Waals surface area contributed by atoms with Gasteiger partial charge in [0.2, 0.25) is 11.7 Å². The highest BCUT2D eigenvalue weighted by atomic mass is 16.3. The fourth-order valence-electron chi connectivity index (χ4n) is 3.05. The lowest BCUT2D eigenvalue weighted by atomic mass is 9.88. The molecule has 1 fully saturated rings. The van der Waals surface area contributed by atoms with Crippen LogP contribution in [0.3, 0.4) is 0 Å². The molecule has 0 bridgehead atoms. The molecule has 2 rings (SSSR count). The maximum Gasteiger partial charge on any atom is 0.289 e. The van der Waals surface area contributed by atoms with Gasteiger partial charge >= 0.3 is 0 Å². The van der Waals surface area contributed by atoms with Crippen LogP contribution in [-0.4, -0.2) is 53.8 Å². The summed E-state index contributed by atoms with van der Waals surface area (Å²) in [6.07, 6.45) is 1.95. The molecule has 1 saturated heterocycles. The summed E-state index contributed by atoms with van der Waals surface area (Å²) in [6.45, 7) is 1.16. The molecule has 1 aliphatic heterocycles. The van der Waals surface area contributed by atoms with E-state index in [9.17, 15) is 14.4 Å². The molecule has 0 saturated carbocycles. The number of carbonyl (C=O) groups excluding carboxylic acids is 3. The SMILES string of the molecule is NCc1cccc(C2CCN(C(=O)CCNC(=O)C(=O)CO)CC2)c1. The Hall–Kier alpha value is -2.25. The van der Waals surface area contributed by atoms with E-state index in [1.54, 1.807) is 4.90 Å². The fourth-order valence-corrected chi connectivity index (χ4v) is 3.05. The number of ketones is 1. The smallest absolute Gasteiger partial charge is 0.289 e. The minimum absolute atomic E-state index is 0.0362. The first-order chi connectivity index (χ1) is 12.0. The third kappa shape index (κ3) is 5.37. The van der Waals surface area contributed by atoms with Crippen LogP contribution >= 0.6 is 0 Å². The first-order valence-electron chi connectivity index (χ1n) is 8.53. The van der Waals surface area contributed by atoms with E-state index in [0.29, 0.717) is 25.6 Å². The Morgan fingerprint density at radius 3 is 2.60 bits per heavy atom. The second-order valence-electron chi connectivity index (χ2n) is 6.19. The number of piperidine rings is 1. The fraction of sp³-hybridized carbons (Fsp3) is 0.500. The number of nitrogens with two attached hydrogens (primary N) is 1. The van der Waals surface area contributed by atoms with E-state index in [0.717, 1.165) is 18.4 Å². The molecule has 0 aliphatic carbocycles. The minimum Gasteiger partial charge on any atom is -0.388 e. The number of benzene rings is 1. The average molecular weight is 347 g/mol. The van der Waals surface area contributed by atoms with E-state index in [1.165, 1.54) is 5.56 Å². The van der Waals surface area contributed by atoms with Gasteiger partial charge in [-0.15, -0.1) is 0 Å². The highest BCUT2D eigenvalue weighted by Gasteiger charge is 2.24. The number of hydrogen-bond donors (Lipinski definition) is 3. The van der Waals surface area contributed by atoms with Crippen LogP contribution in [0.25, 0.3) is 0 Å². The van der Waals surface area contributed by atoms with E-state index < -0.39 is 18.3 Å². The Kier molecular flexibility index (Phi) is 7.09. The van der Waals surface area contributed by atoms with Gasteiger partial charge in [0.05, 0.1) is 0 Å². The molecule has 0 radical (unpaired) electrons. The van der Waals surface area contributed by atoms with Crippen molar-refractivity contribution in [3.8, 4) is 0 Å². The normalized spacial score (nSPS) is 15.0. The number of amides is 2. The molecule has 1 aromatic carbocycles. The summed E-state index contributed by atoms with van der Waals surface area (Å²) in [7, 11) is 0. The van der Waals surface area contributed by atoms with Crippen LogP contribution in [0.1, 0.15) is 36.3 Å². The zero-order chi connectivity index (χ0) is 18.2. The lowest BCUT2D eigenvalue weighted by Crippen LogP contribution is -2.40. The Labute approximate surface area is 147 Å². The van der Waals surface area contributed by atoms with Gasteiger partial charge in [-0.3, -0.25) is 14.4 Å². The maximum absolute atomic E-state index is 12.2. The molecule has 0 unspecified atom stereocenters. The van der Waals surface area contributed by atoms with Gasteiger partial charge in [-0.1, -0.05) is 24.3 Å². The van der Waals surface area contributed by atoms with E-state index >= 15 is 0 Å². The molecule has 0 spiro atoms. The molecule has 25 heavy (non-hydrogen) atoms. The van der Waals surface area contributed by atoms with Gasteiger partial charge in [-0.05, 0) is 29.9 Å². The van der Waals surface area contributed by atoms with Crippen LogP contribution in [0, 0.1) is 0 Å². The van der Waals surface area contributed by atoms with Gasteiger partial charge in [0.25, 0.3) is 5.91 Å². The Bertz CT molecular complexity index is 625. The maximum atomic E-state index is 12.2. The van der Waals surface area contributed by atoms with Crippen LogP contribution in [0.4, 0.5) is 0 Å². The Morgan fingerprint density at radius 1 is 1.24 bits per heavy atom. The lowest BCUT2D eigenvalue weighted by molar-refractivity contribution is -0.139. The van der Waals surface area contributed by atoms with Crippen molar-refractivity contribution in [2.75, 3.05) is 26.2 Å². The first kappa shape index (κ1) is 19.1. The Morgan fingerprint density at radius 2 is 1.96 bits per heavy atom. The predicted octanol–water partition coefficient (Wildman–Crippen LogP) is -0.0810. The molecule has 136 valence electrons. The number of hydrogen-bond acceptors (Lipinski definition) is 5. The second-order valence-corrected chi connectivity index (χ2v) is 6.19. The summed E-state index contributed by atoms with van der Waals surface area (Å²) in [5, 5.41) is 10.9. The molecule has 1 aliphatic rings. The molecule has 1 aromatic rings. The molecule has 4 N–H and O–H groups in total. The summed E-state index contributed by atoms with van der Waals surface area (Å²) in [6, 6.07) is 8.27. The van der Waals surface area contributed by atoms with Crippen molar-refractivity contribution >= 4 is 17.6 Å². The van der Waals surface area contributed by atoms with Crippen molar-refractivity contribution in [2.24, 2.45) is 5.73 Å². The zero-order valence-corrected chi connectivity index (χ0v) is 14.2. The van der Waals surface area contributed by atoms with Crippen LogP contribution in [0.2, 0.25) is 0 Å². The summed E-state index contributed by atoms with van der Waals surface area (Å²) >= 11 is 0. The summed E-state index contributed by atoms with van der Waals surface area (Å²) < 4.78 is 0. The van der Waals surface area contributed by atoms with Crippen molar-refractivity contribution in [3.05, 3.63) is 35.4 Å². The zero-order valence-electron chi connectivity index (χ0n) is 14.2. The van der Waals surface area contributed by atoms with Gasteiger partial charge < -0.3 is 21.1 Å². The highest BCUT2D eigenvalue weighted by molar-refractivity contribution is 6.36. The van der Waals surface area contributed by atoms with Gasteiger partial charge in [-0.25, -0.2) is 0 Å².